The van der Waals surface area contributed by atoms with Gasteiger partial charge >= 0.3 is 0 Å². The first-order valence-electron chi connectivity index (χ1n) is 7.14. The van der Waals surface area contributed by atoms with E-state index in [1.807, 2.05) is 43.4 Å². The minimum absolute atomic E-state index is 0.0248. The van der Waals surface area contributed by atoms with Gasteiger partial charge in [0.2, 0.25) is 5.91 Å². The summed E-state index contributed by atoms with van der Waals surface area (Å²) in [7, 11) is 3.52. The van der Waals surface area contributed by atoms with E-state index >= 15 is 0 Å². The summed E-state index contributed by atoms with van der Waals surface area (Å²) in [5.41, 5.74) is 3.56. The lowest BCUT2D eigenvalue weighted by Gasteiger charge is -2.32. The normalized spacial score (nSPS) is 15.8. The average Bonchev–Trinajstić information content (AvgIpc) is 2.48. The third-order valence-corrected chi connectivity index (χ3v) is 4.08. The van der Waals surface area contributed by atoms with Gasteiger partial charge in [0.15, 0.2) is 0 Å². The smallest absolute Gasteiger partial charge is 0.230 e. The molecule has 1 unspecified atom stereocenters. The van der Waals surface area contributed by atoms with Crippen molar-refractivity contribution < 1.29 is 9.53 Å². The SMILES string of the molecule is COc1cccc(CN(C)C(=O)C2Cc3ccccc32)c1. The second-order valence-electron chi connectivity index (χ2n) is 5.50. The van der Waals surface area contributed by atoms with E-state index in [0.29, 0.717) is 6.54 Å². The Kier molecular flexibility index (Phi) is 3.65. The van der Waals surface area contributed by atoms with Crippen LogP contribution in [0, 0.1) is 0 Å². The highest BCUT2D eigenvalue weighted by molar-refractivity contribution is 5.86. The fraction of sp³-hybridized carbons (Fsp3) is 0.278. The van der Waals surface area contributed by atoms with Crippen LogP contribution in [-0.4, -0.2) is 25.0 Å². The lowest BCUT2D eigenvalue weighted by Crippen LogP contribution is -2.36. The van der Waals surface area contributed by atoms with Gasteiger partial charge in [0.25, 0.3) is 0 Å². The lowest BCUT2D eigenvalue weighted by atomic mass is 9.77. The van der Waals surface area contributed by atoms with Gasteiger partial charge in [-0.25, -0.2) is 0 Å². The summed E-state index contributed by atoms with van der Waals surface area (Å²) < 4.78 is 5.22. The largest absolute Gasteiger partial charge is 0.497 e. The molecule has 1 amide bonds. The van der Waals surface area contributed by atoms with Crippen LogP contribution in [0.25, 0.3) is 0 Å². The van der Waals surface area contributed by atoms with Crippen LogP contribution < -0.4 is 4.74 Å². The highest BCUT2D eigenvalue weighted by atomic mass is 16.5. The maximum atomic E-state index is 12.5. The Labute approximate surface area is 125 Å². The summed E-state index contributed by atoms with van der Waals surface area (Å²) in [6.45, 7) is 0.606. The molecule has 3 heteroatoms. The van der Waals surface area contributed by atoms with Crippen LogP contribution in [0.4, 0.5) is 0 Å². The molecule has 0 radical (unpaired) electrons. The van der Waals surface area contributed by atoms with Crippen molar-refractivity contribution in [2.24, 2.45) is 0 Å². The highest BCUT2D eigenvalue weighted by Crippen LogP contribution is 2.36. The van der Waals surface area contributed by atoms with Gasteiger partial charge in [-0.1, -0.05) is 36.4 Å². The van der Waals surface area contributed by atoms with Crippen molar-refractivity contribution in [2.45, 2.75) is 18.9 Å². The minimum atomic E-state index is 0.0248. The van der Waals surface area contributed by atoms with Crippen LogP contribution in [-0.2, 0) is 17.8 Å². The monoisotopic (exact) mass is 281 g/mol. The lowest BCUT2D eigenvalue weighted by molar-refractivity contribution is -0.132. The number of likely N-dealkylation sites (N-methyl/N-ethyl adjacent to an activating group) is 1. The van der Waals surface area contributed by atoms with Crippen LogP contribution in [0.2, 0.25) is 0 Å². The van der Waals surface area contributed by atoms with Gasteiger partial charge in [0.1, 0.15) is 5.75 Å². The fourth-order valence-electron chi connectivity index (χ4n) is 2.87. The molecule has 108 valence electrons. The molecular formula is C18H19NO2. The number of hydrogen-bond donors (Lipinski definition) is 0. The molecule has 0 fully saturated rings. The fourth-order valence-corrected chi connectivity index (χ4v) is 2.87. The van der Waals surface area contributed by atoms with Gasteiger partial charge in [0, 0.05) is 13.6 Å². The number of amides is 1. The molecule has 0 saturated heterocycles. The predicted molar refractivity (Wildman–Crippen MR) is 82.4 cm³/mol. The summed E-state index contributed by atoms with van der Waals surface area (Å²) in [5.74, 6) is 1.04. The Morgan fingerprint density at radius 2 is 2.05 bits per heavy atom. The van der Waals surface area contributed by atoms with E-state index in [2.05, 4.69) is 12.1 Å². The molecule has 0 saturated carbocycles. The molecule has 0 aliphatic heterocycles. The number of fused-ring (bicyclic) bond motifs is 1. The summed E-state index contributed by atoms with van der Waals surface area (Å²) in [6, 6.07) is 16.0. The molecule has 3 rings (SSSR count). The quantitative estimate of drug-likeness (QED) is 0.862. The standard InChI is InChI=1S/C18H19NO2/c1-19(12-13-6-5-8-15(10-13)21-2)18(20)17-11-14-7-3-4-9-16(14)17/h3-10,17H,11-12H2,1-2H3. The van der Waals surface area contributed by atoms with E-state index < -0.39 is 0 Å². The molecule has 0 N–H and O–H groups in total. The van der Waals surface area contributed by atoms with E-state index in [1.54, 1.807) is 12.0 Å². The molecular weight excluding hydrogens is 262 g/mol. The van der Waals surface area contributed by atoms with Crippen molar-refractivity contribution in [3.8, 4) is 5.75 Å². The van der Waals surface area contributed by atoms with Gasteiger partial charge < -0.3 is 9.64 Å². The number of carbonyl (C=O) groups is 1. The van der Waals surface area contributed by atoms with Crippen LogP contribution in [0.15, 0.2) is 48.5 Å². The molecule has 1 atom stereocenters. The van der Waals surface area contributed by atoms with Crippen molar-refractivity contribution in [3.63, 3.8) is 0 Å². The molecule has 21 heavy (non-hydrogen) atoms. The van der Waals surface area contributed by atoms with E-state index in [1.165, 1.54) is 11.1 Å². The Balaban J connectivity index is 1.69. The van der Waals surface area contributed by atoms with E-state index in [9.17, 15) is 4.79 Å². The number of methoxy groups -OCH3 is 1. The Morgan fingerprint density at radius 1 is 1.24 bits per heavy atom. The van der Waals surface area contributed by atoms with Crippen LogP contribution in [0.1, 0.15) is 22.6 Å². The van der Waals surface area contributed by atoms with Gasteiger partial charge in [-0.15, -0.1) is 0 Å². The molecule has 1 aliphatic rings. The van der Waals surface area contributed by atoms with Crippen LogP contribution in [0.3, 0.4) is 0 Å². The highest BCUT2D eigenvalue weighted by Gasteiger charge is 2.33. The Morgan fingerprint density at radius 3 is 2.81 bits per heavy atom. The zero-order valence-corrected chi connectivity index (χ0v) is 12.4. The number of benzene rings is 2. The maximum absolute atomic E-state index is 12.5. The molecule has 0 bridgehead atoms. The van der Waals surface area contributed by atoms with E-state index in [0.717, 1.165) is 17.7 Å². The van der Waals surface area contributed by atoms with Gasteiger partial charge in [-0.05, 0) is 35.2 Å². The summed E-state index contributed by atoms with van der Waals surface area (Å²) in [6.07, 6.45) is 0.859. The Hall–Kier alpha value is -2.29. The molecule has 3 nitrogen and oxygen atoms in total. The topological polar surface area (TPSA) is 29.5 Å². The number of nitrogens with zero attached hydrogens (tertiary/aromatic N) is 1. The number of ether oxygens (including phenoxy) is 1. The molecule has 2 aromatic rings. The van der Waals surface area contributed by atoms with Crippen molar-refractivity contribution in [3.05, 3.63) is 65.2 Å². The number of carbonyl (C=O) groups excluding carboxylic acids is 1. The number of hydrogen-bond acceptors (Lipinski definition) is 2. The molecule has 0 spiro atoms. The van der Waals surface area contributed by atoms with Gasteiger partial charge in [-0.2, -0.15) is 0 Å². The van der Waals surface area contributed by atoms with Crippen LogP contribution >= 0.6 is 0 Å². The Bertz CT molecular complexity index is 666. The van der Waals surface area contributed by atoms with Crippen molar-refractivity contribution in [1.29, 1.82) is 0 Å². The number of rotatable bonds is 4. The van der Waals surface area contributed by atoms with Gasteiger partial charge in [0.05, 0.1) is 13.0 Å². The van der Waals surface area contributed by atoms with Crippen LogP contribution in [0.5, 0.6) is 5.75 Å². The van der Waals surface area contributed by atoms with Crippen molar-refractivity contribution in [2.75, 3.05) is 14.2 Å². The summed E-state index contributed by atoms with van der Waals surface area (Å²) in [5, 5.41) is 0. The van der Waals surface area contributed by atoms with Crippen molar-refractivity contribution >= 4 is 5.91 Å². The average molecular weight is 281 g/mol. The molecule has 0 heterocycles. The van der Waals surface area contributed by atoms with Gasteiger partial charge in [-0.3, -0.25) is 4.79 Å². The predicted octanol–water partition coefficient (Wildman–Crippen LogP) is 2.99. The van der Waals surface area contributed by atoms with E-state index in [-0.39, 0.29) is 11.8 Å². The van der Waals surface area contributed by atoms with E-state index in [4.69, 9.17) is 4.74 Å². The first-order chi connectivity index (χ1) is 10.2. The molecule has 1 aliphatic carbocycles. The second kappa shape index (κ2) is 5.60. The minimum Gasteiger partial charge on any atom is -0.497 e. The first-order valence-corrected chi connectivity index (χ1v) is 7.14. The third kappa shape index (κ3) is 2.64. The molecule has 0 aromatic heterocycles. The zero-order valence-electron chi connectivity index (χ0n) is 12.4. The molecule has 2 aromatic carbocycles. The second-order valence-corrected chi connectivity index (χ2v) is 5.50. The summed E-state index contributed by atoms with van der Waals surface area (Å²) in [4.78, 5) is 14.3. The summed E-state index contributed by atoms with van der Waals surface area (Å²) >= 11 is 0. The zero-order chi connectivity index (χ0) is 14.8. The first kappa shape index (κ1) is 13.7. The van der Waals surface area contributed by atoms with Crippen molar-refractivity contribution in [1.82, 2.24) is 4.90 Å². The maximum Gasteiger partial charge on any atom is 0.230 e. The third-order valence-electron chi connectivity index (χ3n) is 4.08.